The molecule has 0 aromatic carbocycles. The van der Waals surface area contributed by atoms with Crippen LogP contribution >= 0.6 is 12.4 Å². The van der Waals surface area contributed by atoms with Crippen molar-refractivity contribution in [1.29, 1.82) is 0 Å². The number of alkyl halides is 3. The van der Waals surface area contributed by atoms with Crippen molar-refractivity contribution in [3.63, 3.8) is 0 Å². The Morgan fingerprint density at radius 1 is 1.37 bits per heavy atom. The van der Waals surface area contributed by atoms with Gasteiger partial charge in [0.15, 0.2) is 0 Å². The zero-order valence-electron chi connectivity index (χ0n) is 10.7. The summed E-state index contributed by atoms with van der Waals surface area (Å²) in [5.74, 6) is -0.279. The molecule has 0 radical (unpaired) electrons. The summed E-state index contributed by atoms with van der Waals surface area (Å²) in [5, 5.41) is 3.06. The Hall–Kier alpha value is -0.0500. The van der Waals surface area contributed by atoms with E-state index in [0.29, 0.717) is 6.54 Å². The molecule has 19 heavy (non-hydrogen) atoms. The third-order valence-corrected chi connectivity index (χ3v) is 4.52. The third-order valence-electron chi connectivity index (χ3n) is 3.03. The molecule has 0 spiro atoms. The smallest absolute Gasteiger partial charge is 0.315 e. The van der Waals surface area contributed by atoms with Gasteiger partial charge < -0.3 is 5.32 Å². The molecule has 116 valence electrons. The van der Waals surface area contributed by atoms with Crippen molar-refractivity contribution in [2.24, 2.45) is 5.92 Å². The highest BCUT2D eigenvalue weighted by Gasteiger charge is 2.29. The van der Waals surface area contributed by atoms with Gasteiger partial charge in [0.2, 0.25) is 10.0 Å². The number of rotatable bonds is 5. The number of hydrogen-bond donors (Lipinski definition) is 2. The first kappa shape index (κ1) is 18.9. The molecule has 2 N–H and O–H groups in total. The molecule has 0 aromatic rings. The number of piperidine rings is 1. The molecule has 4 nitrogen and oxygen atoms in total. The Kier molecular flexibility index (Phi) is 7.64. The average Bonchev–Trinajstić information content (AvgIpc) is 2.18. The van der Waals surface area contributed by atoms with Gasteiger partial charge in [0.1, 0.15) is 0 Å². The quantitative estimate of drug-likeness (QED) is 0.809. The lowest BCUT2D eigenvalue weighted by molar-refractivity contribution is -0.134. The number of hydrogen-bond acceptors (Lipinski definition) is 3. The number of halogens is 4. The molecule has 1 saturated heterocycles. The molecule has 9 heteroatoms. The van der Waals surface area contributed by atoms with Gasteiger partial charge in [-0.05, 0) is 25.3 Å². The summed E-state index contributed by atoms with van der Waals surface area (Å²) >= 11 is 0. The van der Waals surface area contributed by atoms with Gasteiger partial charge >= 0.3 is 6.18 Å². The van der Waals surface area contributed by atoms with Gasteiger partial charge in [-0.2, -0.15) is 13.2 Å². The number of nitrogens with one attached hydrogen (secondary N) is 2. The van der Waals surface area contributed by atoms with E-state index in [1.54, 1.807) is 0 Å². The van der Waals surface area contributed by atoms with Crippen molar-refractivity contribution in [2.45, 2.75) is 38.4 Å². The Morgan fingerprint density at radius 2 is 2.00 bits per heavy atom. The van der Waals surface area contributed by atoms with Crippen LogP contribution in [0.2, 0.25) is 0 Å². The van der Waals surface area contributed by atoms with E-state index < -0.39 is 34.8 Å². The lowest BCUT2D eigenvalue weighted by atomic mass is 9.96. The van der Waals surface area contributed by atoms with E-state index in [9.17, 15) is 21.6 Å². The zero-order chi connectivity index (χ0) is 13.8. The summed E-state index contributed by atoms with van der Waals surface area (Å²) in [6.07, 6.45) is -4.90. The maximum Gasteiger partial charge on any atom is 0.389 e. The van der Waals surface area contributed by atoms with Crippen molar-refractivity contribution in [3.8, 4) is 0 Å². The predicted octanol–water partition coefficient (Wildman–Crippen LogP) is 1.67. The van der Waals surface area contributed by atoms with Gasteiger partial charge in [-0.1, -0.05) is 6.92 Å². The van der Waals surface area contributed by atoms with Crippen molar-refractivity contribution < 1.29 is 21.6 Å². The van der Waals surface area contributed by atoms with Crippen molar-refractivity contribution in [3.05, 3.63) is 0 Å². The first-order chi connectivity index (χ1) is 8.20. The molecule has 2 atom stereocenters. The van der Waals surface area contributed by atoms with Crippen LogP contribution in [0.3, 0.4) is 0 Å². The second kappa shape index (κ2) is 7.66. The first-order valence-electron chi connectivity index (χ1n) is 5.97. The van der Waals surface area contributed by atoms with E-state index in [0.717, 1.165) is 13.0 Å². The SMILES string of the molecule is CC1CCNCC1NS(=O)(=O)CCCC(F)(F)F.Cl. The predicted molar refractivity (Wildman–Crippen MR) is 69.9 cm³/mol. The fourth-order valence-corrected chi connectivity index (χ4v) is 3.32. The monoisotopic (exact) mass is 324 g/mol. The molecule has 1 rings (SSSR count). The van der Waals surface area contributed by atoms with Gasteiger partial charge in [-0.25, -0.2) is 13.1 Å². The maximum absolute atomic E-state index is 11.9. The van der Waals surface area contributed by atoms with Crippen molar-refractivity contribution in [2.75, 3.05) is 18.8 Å². The minimum absolute atomic E-state index is 0. The summed E-state index contributed by atoms with van der Waals surface area (Å²) < 4.78 is 61.5. The highest BCUT2D eigenvalue weighted by atomic mass is 35.5. The van der Waals surface area contributed by atoms with Gasteiger partial charge in [0.25, 0.3) is 0 Å². The van der Waals surface area contributed by atoms with E-state index in [4.69, 9.17) is 0 Å². The molecular weight excluding hydrogens is 305 g/mol. The van der Waals surface area contributed by atoms with Crippen LogP contribution in [-0.2, 0) is 10.0 Å². The Labute approximate surface area is 118 Å². The summed E-state index contributed by atoms with van der Waals surface area (Å²) in [5.41, 5.74) is 0. The van der Waals surface area contributed by atoms with Crippen LogP contribution in [0.4, 0.5) is 13.2 Å². The molecule has 2 unspecified atom stereocenters. The van der Waals surface area contributed by atoms with Gasteiger partial charge in [-0.15, -0.1) is 12.4 Å². The highest BCUT2D eigenvalue weighted by Crippen LogP contribution is 2.21. The van der Waals surface area contributed by atoms with Gasteiger partial charge in [-0.3, -0.25) is 0 Å². The number of sulfonamides is 1. The van der Waals surface area contributed by atoms with Crippen molar-refractivity contribution in [1.82, 2.24) is 10.0 Å². The normalized spacial score (nSPS) is 24.8. The second-order valence-electron chi connectivity index (χ2n) is 4.73. The lowest BCUT2D eigenvalue weighted by Crippen LogP contribution is -2.50. The Balaban J connectivity index is 0.00000324. The van der Waals surface area contributed by atoms with Crippen LogP contribution in [0.1, 0.15) is 26.2 Å². The van der Waals surface area contributed by atoms with Crippen LogP contribution < -0.4 is 10.0 Å². The fraction of sp³-hybridized carbons (Fsp3) is 1.00. The molecule has 0 amide bonds. The molecule has 1 heterocycles. The standard InChI is InChI=1S/C10H19F3N2O2S.ClH/c1-8-3-5-14-7-9(8)15-18(16,17)6-2-4-10(11,12)13;/h8-9,14-15H,2-7H2,1H3;1H. The summed E-state index contributed by atoms with van der Waals surface area (Å²) in [4.78, 5) is 0. The summed E-state index contributed by atoms with van der Waals surface area (Å²) in [7, 11) is -3.63. The van der Waals surface area contributed by atoms with E-state index in [-0.39, 0.29) is 24.4 Å². The molecule has 0 bridgehead atoms. The van der Waals surface area contributed by atoms with E-state index in [2.05, 4.69) is 10.0 Å². The molecule has 0 aromatic heterocycles. The molecule has 0 saturated carbocycles. The first-order valence-corrected chi connectivity index (χ1v) is 7.62. The molecule has 1 aliphatic rings. The van der Waals surface area contributed by atoms with Gasteiger partial charge in [0.05, 0.1) is 5.75 Å². The van der Waals surface area contributed by atoms with Crippen LogP contribution in [0.15, 0.2) is 0 Å². The minimum Gasteiger partial charge on any atom is -0.315 e. The van der Waals surface area contributed by atoms with Crippen LogP contribution in [0, 0.1) is 5.92 Å². The fourth-order valence-electron chi connectivity index (χ4n) is 1.90. The minimum atomic E-state index is -4.30. The Morgan fingerprint density at radius 3 is 2.53 bits per heavy atom. The molecule has 0 aliphatic carbocycles. The molecule has 1 fully saturated rings. The van der Waals surface area contributed by atoms with E-state index >= 15 is 0 Å². The zero-order valence-corrected chi connectivity index (χ0v) is 12.3. The second-order valence-corrected chi connectivity index (χ2v) is 6.61. The largest absolute Gasteiger partial charge is 0.389 e. The maximum atomic E-state index is 11.9. The average molecular weight is 325 g/mol. The van der Waals surface area contributed by atoms with Crippen LogP contribution in [0.5, 0.6) is 0 Å². The van der Waals surface area contributed by atoms with Gasteiger partial charge in [0, 0.05) is 19.0 Å². The molecular formula is C10H20ClF3N2O2S. The van der Waals surface area contributed by atoms with Crippen LogP contribution in [-0.4, -0.2) is 39.5 Å². The summed E-state index contributed by atoms with van der Waals surface area (Å²) in [6, 6.07) is -0.227. The lowest BCUT2D eigenvalue weighted by Gasteiger charge is -2.30. The van der Waals surface area contributed by atoms with Crippen molar-refractivity contribution >= 4 is 22.4 Å². The molecule has 1 aliphatic heterocycles. The van der Waals surface area contributed by atoms with E-state index in [1.165, 1.54) is 0 Å². The van der Waals surface area contributed by atoms with Crippen LogP contribution in [0.25, 0.3) is 0 Å². The topological polar surface area (TPSA) is 58.2 Å². The van der Waals surface area contributed by atoms with E-state index in [1.807, 2.05) is 6.92 Å². The summed E-state index contributed by atoms with van der Waals surface area (Å²) in [6.45, 7) is 3.30. The highest BCUT2D eigenvalue weighted by molar-refractivity contribution is 7.89. The Bertz CT molecular complexity index is 362. The third kappa shape index (κ3) is 7.96.